The highest BCUT2D eigenvalue weighted by Crippen LogP contribution is 2.42. The van der Waals surface area contributed by atoms with Crippen LogP contribution >= 0.6 is 11.3 Å². The maximum absolute atomic E-state index is 6.13. The van der Waals surface area contributed by atoms with E-state index in [4.69, 9.17) is 19.4 Å². The van der Waals surface area contributed by atoms with Crippen molar-refractivity contribution in [3.63, 3.8) is 0 Å². The normalized spacial score (nSPS) is 11.6. The van der Waals surface area contributed by atoms with E-state index in [-0.39, 0.29) is 0 Å². The smallest absolute Gasteiger partial charge is 0.164 e. The number of para-hydroxylation sites is 1. The van der Waals surface area contributed by atoms with Crippen LogP contribution in [0.5, 0.6) is 0 Å². The molecule has 3 aromatic heterocycles. The SMILES string of the molecule is c1ccc(-c2ccc(-c3ccc4sc5c(-c6cccc(-c7nc(-c8ccccc8)nc(-c8ccc9oc%10ccccc%10c9c8)n7)c6)cccc5c4c3)cc2)cc1. The monoisotopic (exact) mass is 733 g/mol. The fourth-order valence-corrected chi connectivity index (χ4v) is 8.95. The summed E-state index contributed by atoms with van der Waals surface area (Å²) in [6, 6.07) is 65.9. The molecule has 4 nitrogen and oxygen atoms in total. The lowest BCUT2D eigenvalue weighted by Crippen LogP contribution is -2.00. The predicted octanol–water partition coefficient (Wildman–Crippen LogP) is 14.1. The first-order chi connectivity index (χ1) is 27.7. The summed E-state index contributed by atoms with van der Waals surface area (Å²) >= 11 is 1.84. The summed E-state index contributed by atoms with van der Waals surface area (Å²) in [5.41, 5.74) is 11.6. The van der Waals surface area contributed by atoms with Crippen LogP contribution in [0, 0.1) is 0 Å². The molecule has 0 aliphatic carbocycles. The molecule has 56 heavy (non-hydrogen) atoms. The van der Waals surface area contributed by atoms with Crippen LogP contribution in [-0.4, -0.2) is 15.0 Å². The lowest BCUT2D eigenvalue weighted by Gasteiger charge is -2.10. The molecule has 0 radical (unpaired) electrons. The number of thiophene rings is 1. The molecule has 0 amide bonds. The van der Waals surface area contributed by atoms with Gasteiger partial charge in [0.05, 0.1) is 0 Å². The van der Waals surface area contributed by atoms with Crippen molar-refractivity contribution < 1.29 is 4.42 Å². The maximum atomic E-state index is 6.13. The van der Waals surface area contributed by atoms with E-state index in [1.54, 1.807) is 0 Å². The summed E-state index contributed by atoms with van der Waals surface area (Å²) < 4.78 is 8.66. The molecule has 0 N–H and O–H groups in total. The van der Waals surface area contributed by atoms with Crippen LogP contribution in [0.4, 0.5) is 0 Å². The summed E-state index contributed by atoms with van der Waals surface area (Å²) in [4.78, 5) is 15.2. The second-order valence-electron chi connectivity index (χ2n) is 14.0. The van der Waals surface area contributed by atoms with E-state index in [0.717, 1.165) is 44.2 Å². The maximum Gasteiger partial charge on any atom is 0.164 e. The number of hydrogen-bond acceptors (Lipinski definition) is 5. The molecular weight excluding hydrogens is 703 g/mol. The summed E-state index contributed by atoms with van der Waals surface area (Å²) in [7, 11) is 0. The highest BCUT2D eigenvalue weighted by Gasteiger charge is 2.17. The Morgan fingerprint density at radius 3 is 1.62 bits per heavy atom. The first-order valence-electron chi connectivity index (χ1n) is 18.7. The minimum absolute atomic E-state index is 0.614. The fourth-order valence-electron chi connectivity index (χ4n) is 7.73. The molecule has 3 heterocycles. The van der Waals surface area contributed by atoms with Crippen molar-refractivity contribution in [3.8, 4) is 67.5 Å². The summed E-state index contributed by atoms with van der Waals surface area (Å²) in [6.07, 6.45) is 0. The summed E-state index contributed by atoms with van der Waals surface area (Å²) in [5.74, 6) is 1.87. The third-order valence-corrected chi connectivity index (χ3v) is 11.8. The molecule has 0 saturated carbocycles. The van der Waals surface area contributed by atoms with Gasteiger partial charge in [-0.3, -0.25) is 0 Å². The molecule has 11 rings (SSSR count). The summed E-state index contributed by atoms with van der Waals surface area (Å²) in [6.45, 7) is 0. The second-order valence-corrected chi connectivity index (χ2v) is 15.1. The lowest BCUT2D eigenvalue weighted by atomic mass is 9.98. The molecule has 0 bridgehead atoms. The molecule has 0 atom stereocenters. The second kappa shape index (κ2) is 13.3. The molecule has 0 aliphatic rings. The standard InChI is InChI=1S/C51H31N3OS/c1-3-11-32(12-4-1)33-21-23-34(24-22-33)36-26-28-47-44(30-36)42-19-10-18-40(48(42)56-47)37-15-9-16-38(29-37)50-52-49(35-13-5-2-6-14-35)53-51(54-50)39-25-27-46-43(31-39)41-17-7-8-20-45(41)55-46/h1-31H. The van der Waals surface area contributed by atoms with Crippen LogP contribution in [0.15, 0.2) is 192 Å². The molecule has 8 aromatic carbocycles. The van der Waals surface area contributed by atoms with Crippen molar-refractivity contribution in [1.29, 1.82) is 0 Å². The van der Waals surface area contributed by atoms with Gasteiger partial charge in [0.15, 0.2) is 17.5 Å². The van der Waals surface area contributed by atoms with Gasteiger partial charge in [-0.15, -0.1) is 11.3 Å². The molecule has 0 saturated heterocycles. The van der Waals surface area contributed by atoms with Gasteiger partial charge in [0.2, 0.25) is 0 Å². The first kappa shape index (κ1) is 32.2. The van der Waals surface area contributed by atoms with Crippen molar-refractivity contribution >= 4 is 53.4 Å². The molecule has 5 heteroatoms. The highest BCUT2D eigenvalue weighted by atomic mass is 32.1. The minimum Gasteiger partial charge on any atom is -0.456 e. The highest BCUT2D eigenvalue weighted by molar-refractivity contribution is 7.26. The molecule has 11 aromatic rings. The average molecular weight is 734 g/mol. The topological polar surface area (TPSA) is 51.8 Å². The quantitative estimate of drug-likeness (QED) is 0.171. The van der Waals surface area contributed by atoms with Crippen LogP contribution in [0.1, 0.15) is 0 Å². The van der Waals surface area contributed by atoms with Gasteiger partial charge in [-0.05, 0) is 75.8 Å². The van der Waals surface area contributed by atoms with Crippen molar-refractivity contribution in [2.45, 2.75) is 0 Å². The van der Waals surface area contributed by atoms with Crippen molar-refractivity contribution in [1.82, 2.24) is 15.0 Å². The molecule has 0 fully saturated rings. The minimum atomic E-state index is 0.614. The van der Waals surface area contributed by atoms with E-state index in [2.05, 4.69) is 127 Å². The van der Waals surface area contributed by atoms with E-state index in [9.17, 15) is 0 Å². The molecular formula is C51H31N3OS. The molecule has 262 valence electrons. The van der Waals surface area contributed by atoms with Gasteiger partial charge in [-0.2, -0.15) is 0 Å². The van der Waals surface area contributed by atoms with Crippen molar-refractivity contribution in [2.24, 2.45) is 0 Å². The van der Waals surface area contributed by atoms with Crippen molar-refractivity contribution in [2.75, 3.05) is 0 Å². The molecule has 0 spiro atoms. The van der Waals surface area contributed by atoms with Crippen LogP contribution in [0.3, 0.4) is 0 Å². The first-order valence-corrected chi connectivity index (χ1v) is 19.5. The largest absolute Gasteiger partial charge is 0.456 e. The van der Waals surface area contributed by atoms with Crippen LogP contribution < -0.4 is 0 Å². The van der Waals surface area contributed by atoms with Gasteiger partial charge in [0.25, 0.3) is 0 Å². The van der Waals surface area contributed by atoms with E-state index in [1.807, 2.05) is 72.0 Å². The number of benzene rings is 8. The van der Waals surface area contributed by atoms with Gasteiger partial charge in [0, 0.05) is 47.6 Å². The Morgan fingerprint density at radius 1 is 0.321 bits per heavy atom. The lowest BCUT2D eigenvalue weighted by molar-refractivity contribution is 0.669. The van der Waals surface area contributed by atoms with Gasteiger partial charge in [-0.1, -0.05) is 146 Å². The van der Waals surface area contributed by atoms with Crippen molar-refractivity contribution in [3.05, 3.63) is 188 Å². The number of hydrogen-bond donors (Lipinski definition) is 0. The predicted molar refractivity (Wildman–Crippen MR) is 233 cm³/mol. The number of aromatic nitrogens is 3. The zero-order chi connectivity index (χ0) is 37.0. The van der Waals surface area contributed by atoms with Gasteiger partial charge in [-0.25, -0.2) is 15.0 Å². The third-order valence-electron chi connectivity index (χ3n) is 10.6. The van der Waals surface area contributed by atoms with Gasteiger partial charge in [0.1, 0.15) is 11.2 Å². The van der Waals surface area contributed by atoms with Gasteiger partial charge < -0.3 is 4.42 Å². The molecule has 0 unspecified atom stereocenters. The Balaban J connectivity index is 0.994. The fraction of sp³-hybridized carbons (Fsp3) is 0. The van der Waals surface area contributed by atoms with E-state index in [1.165, 1.54) is 48.0 Å². The van der Waals surface area contributed by atoms with E-state index < -0.39 is 0 Å². The van der Waals surface area contributed by atoms with Gasteiger partial charge >= 0.3 is 0 Å². The third kappa shape index (κ3) is 5.65. The van der Waals surface area contributed by atoms with E-state index >= 15 is 0 Å². The number of fused-ring (bicyclic) bond motifs is 6. The van der Waals surface area contributed by atoms with Crippen LogP contribution in [0.25, 0.3) is 110 Å². The van der Waals surface area contributed by atoms with Crippen LogP contribution in [0.2, 0.25) is 0 Å². The van der Waals surface area contributed by atoms with E-state index in [0.29, 0.717) is 17.5 Å². The number of furan rings is 1. The Bertz CT molecular complexity index is 3240. The van der Waals surface area contributed by atoms with Crippen LogP contribution in [-0.2, 0) is 0 Å². The number of rotatable bonds is 6. The average Bonchev–Trinajstić information content (AvgIpc) is 3.85. The Kier molecular flexibility index (Phi) is 7.64. The Hall–Kier alpha value is -7.21. The Labute approximate surface area is 327 Å². The molecule has 0 aliphatic heterocycles. The summed E-state index contributed by atoms with van der Waals surface area (Å²) in [5, 5.41) is 4.63. The zero-order valence-corrected chi connectivity index (χ0v) is 30.9. The Morgan fingerprint density at radius 2 is 0.839 bits per heavy atom. The zero-order valence-electron chi connectivity index (χ0n) is 30.1. The number of nitrogens with zero attached hydrogens (tertiary/aromatic N) is 3.